The first kappa shape index (κ1) is 70.7. The lowest BCUT2D eigenvalue weighted by Crippen LogP contribution is -2.26. The van der Waals surface area contributed by atoms with Gasteiger partial charge in [0.05, 0.1) is 55.2 Å². The van der Waals surface area contributed by atoms with Crippen LogP contribution in [-0.2, 0) is 9.13 Å². The Hall–Kier alpha value is -15.4. The molecule has 0 amide bonds. The molecule has 6 aromatic heterocycles. The van der Waals surface area contributed by atoms with Crippen molar-refractivity contribution in [3.8, 4) is 45.3 Å². The number of imidazole rings is 2. The van der Waals surface area contributed by atoms with E-state index >= 15 is 9.13 Å². The van der Waals surface area contributed by atoms with Gasteiger partial charge in [0.2, 0.25) is 11.9 Å². The summed E-state index contributed by atoms with van der Waals surface area (Å²) in [6.07, 6.45) is 0. The molecule has 0 saturated heterocycles. The highest BCUT2D eigenvalue weighted by molar-refractivity contribution is 7.86. The second-order valence-electron chi connectivity index (χ2n) is 31.4. The number of fused-ring (bicyclic) bond motifs is 22. The van der Waals surface area contributed by atoms with Crippen molar-refractivity contribution in [1.82, 2.24) is 37.9 Å². The van der Waals surface area contributed by atoms with E-state index in [1.54, 1.807) is 0 Å². The smallest absolute Gasteiger partial charge is 0.221 e. The largest absolute Gasteiger partial charge is 0.309 e. The number of rotatable bonds is 11. The molecule has 0 aliphatic carbocycles. The van der Waals surface area contributed by atoms with Gasteiger partial charge in [-0.3, -0.25) is 17.9 Å². The minimum atomic E-state index is -3.52. The number of benzene rings is 19. The lowest BCUT2D eigenvalue weighted by atomic mass is 9.95. The molecule has 19 aromatic carbocycles. The van der Waals surface area contributed by atoms with E-state index in [4.69, 9.17) is 19.9 Å². The first-order chi connectivity index (χ1) is 60.3. The molecule has 12 heteroatoms. The van der Waals surface area contributed by atoms with Gasteiger partial charge in [0.15, 0.2) is 14.3 Å². The number of aromatic nitrogens is 8. The van der Waals surface area contributed by atoms with Crippen molar-refractivity contribution < 1.29 is 9.13 Å². The Morgan fingerprint density at radius 2 is 0.533 bits per heavy atom. The SMILES string of the molecule is O=P(c1ccc(-c2cc3c4ccccc4n(-c4nc5ccccc5c5nc6ccccc6n45)c3c3ccccc23)cc1)(c1cccc2ccccc12)c1cccc2ccccc12.O=P(c1ccc(-c2ccccc2)cc1)(c1ccc(-c2ccccc2)cc1)c1cc2c3ccccc3n(-c3nc4ccccc4c4nc5ccccc5n34)c2c2ccccc12. The van der Waals surface area contributed by atoms with Crippen LogP contribution in [0.15, 0.2) is 425 Å². The predicted octanol–water partition coefficient (Wildman–Crippen LogP) is 25.2. The molecule has 0 aliphatic heterocycles. The summed E-state index contributed by atoms with van der Waals surface area (Å²) in [5.41, 5.74) is 18.0. The summed E-state index contributed by atoms with van der Waals surface area (Å²) in [6.45, 7) is 0. The number of hydrogen-bond acceptors (Lipinski definition) is 6. The van der Waals surface area contributed by atoms with Crippen LogP contribution in [-0.4, -0.2) is 37.9 Å². The minimum Gasteiger partial charge on any atom is -0.309 e. The lowest BCUT2D eigenvalue weighted by molar-refractivity contribution is 0.592. The van der Waals surface area contributed by atoms with Crippen molar-refractivity contribution in [2.45, 2.75) is 0 Å². The second kappa shape index (κ2) is 28.1. The molecule has 0 bridgehead atoms. The topological polar surface area (TPSA) is 104 Å². The van der Waals surface area contributed by atoms with Gasteiger partial charge in [0.1, 0.15) is 11.3 Å². The zero-order valence-corrected chi connectivity index (χ0v) is 67.5. The van der Waals surface area contributed by atoms with Gasteiger partial charge < -0.3 is 9.13 Å². The highest BCUT2D eigenvalue weighted by Crippen LogP contribution is 2.51. The molecule has 0 fully saturated rings. The van der Waals surface area contributed by atoms with E-state index in [2.05, 4.69) is 339 Å². The maximum Gasteiger partial charge on any atom is 0.221 e. The monoisotopic (exact) mass is 1600 g/mol. The number of para-hydroxylation sites is 8. The first-order valence-electron chi connectivity index (χ1n) is 41.1. The van der Waals surface area contributed by atoms with Crippen LogP contribution < -0.4 is 31.8 Å². The van der Waals surface area contributed by atoms with Crippen LogP contribution in [0.3, 0.4) is 0 Å². The molecule has 0 spiro atoms. The van der Waals surface area contributed by atoms with Gasteiger partial charge in [0.25, 0.3) is 0 Å². The van der Waals surface area contributed by atoms with Crippen molar-refractivity contribution >= 4 is 188 Å². The molecule has 0 aliphatic rings. The molecular weight excluding hydrogens is 1530 g/mol. The molecular formula is C110H70N8O2P2. The standard InChI is InChI=1S/C56H35N4OP.C54H35N4OP/c61-62(52-29-13-17-36-15-1-3-19-40(36)52,53-30-14-18-37-16-2-4-20-41(37)53)39-33-31-38(32-34-39)46-35-47-43-22-8-11-27-50(43)59(54(47)44-23-6-5-21-42(44)46)56-58-48-25-9-7-24-45(48)55-57-49-26-10-12-28-51(49)60(55)56;59-60(40-31-27-38(28-32-40)36-15-3-1-4-16-36,41-33-29-39(30-34-41)37-17-5-2-6-18-37)51-35-46-42-19-10-13-25-49(42)57(52(46)44-21-8-7-20-43(44)51)54-56-47-23-11-9-22-45(47)53-55-48-24-12-14-26-50(48)58(53)54/h1-35H;1-35H. The van der Waals surface area contributed by atoms with E-state index < -0.39 is 14.3 Å². The molecule has 25 aromatic rings. The Labute approximate surface area is 700 Å². The Morgan fingerprint density at radius 3 is 1.00 bits per heavy atom. The summed E-state index contributed by atoms with van der Waals surface area (Å²) in [5.74, 6) is 1.54. The Kier molecular flexibility index (Phi) is 16.3. The number of hydrogen-bond donors (Lipinski definition) is 0. The zero-order chi connectivity index (χ0) is 80.7. The third-order valence-corrected chi connectivity index (χ3v) is 31.0. The van der Waals surface area contributed by atoms with Crippen molar-refractivity contribution in [3.63, 3.8) is 0 Å². The molecule has 122 heavy (non-hydrogen) atoms. The van der Waals surface area contributed by atoms with Crippen LogP contribution in [0, 0.1) is 0 Å². The first-order valence-corrected chi connectivity index (χ1v) is 44.5. The molecule has 6 heterocycles. The van der Waals surface area contributed by atoms with E-state index in [0.29, 0.717) is 0 Å². The van der Waals surface area contributed by atoms with Gasteiger partial charge in [0, 0.05) is 74.9 Å². The molecule has 0 unspecified atom stereocenters. The van der Waals surface area contributed by atoms with Gasteiger partial charge in [-0.05, 0) is 138 Å². The second-order valence-corrected chi connectivity index (χ2v) is 36.8. The van der Waals surface area contributed by atoms with Crippen molar-refractivity contribution in [3.05, 3.63) is 425 Å². The summed E-state index contributed by atoms with van der Waals surface area (Å²) >= 11 is 0. The normalized spacial score (nSPS) is 12.2. The third kappa shape index (κ3) is 10.9. The molecule has 572 valence electrons. The average molecular weight is 1600 g/mol. The van der Waals surface area contributed by atoms with Crippen LogP contribution in [0.4, 0.5) is 0 Å². The Bertz CT molecular complexity index is 8540. The maximum atomic E-state index is 16.8. The highest BCUT2D eigenvalue weighted by atomic mass is 31.2. The van der Waals surface area contributed by atoms with Crippen molar-refractivity contribution in [2.75, 3.05) is 0 Å². The van der Waals surface area contributed by atoms with Crippen LogP contribution in [0.25, 0.3) is 187 Å². The van der Waals surface area contributed by atoms with Crippen LogP contribution >= 0.6 is 14.3 Å². The average Bonchev–Trinajstić information content (AvgIpc) is 1.50. The van der Waals surface area contributed by atoms with Crippen molar-refractivity contribution in [1.29, 1.82) is 0 Å². The molecule has 0 saturated carbocycles. The lowest BCUT2D eigenvalue weighted by Gasteiger charge is -2.23. The summed E-state index contributed by atoms with van der Waals surface area (Å²) in [6, 6.07) is 147. The van der Waals surface area contributed by atoms with E-state index in [0.717, 1.165) is 219 Å². The summed E-state index contributed by atoms with van der Waals surface area (Å²) < 4.78 is 42.2. The summed E-state index contributed by atoms with van der Waals surface area (Å²) in [7, 11) is -6.92. The van der Waals surface area contributed by atoms with Gasteiger partial charge in [-0.15, -0.1) is 0 Å². The van der Waals surface area contributed by atoms with E-state index in [1.807, 2.05) is 103 Å². The fourth-order valence-corrected chi connectivity index (χ4v) is 25.0. The highest BCUT2D eigenvalue weighted by Gasteiger charge is 2.36. The molecule has 25 rings (SSSR count). The quantitative estimate of drug-likeness (QED) is 0.120. The van der Waals surface area contributed by atoms with Gasteiger partial charge in [-0.25, -0.2) is 19.9 Å². The molecule has 10 nitrogen and oxygen atoms in total. The molecule has 0 N–H and O–H groups in total. The summed E-state index contributed by atoms with van der Waals surface area (Å²) in [5, 5.41) is 19.5. The number of nitrogens with zero attached hydrogens (tertiary/aromatic N) is 8. The van der Waals surface area contributed by atoms with E-state index in [9.17, 15) is 0 Å². The van der Waals surface area contributed by atoms with Gasteiger partial charge in [-0.1, -0.05) is 352 Å². The summed E-state index contributed by atoms with van der Waals surface area (Å²) in [4.78, 5) is 21.2. The fraction of sp³-hybridized carbons (Fsp3) is 0. The Balaban J connectivity index is 0.000000138. The Morgan fingerprint density at radius 1 is 0.205 bits per heavy atom. The van der Waals surface area contributed by atoms with Crippen LogP contribution in [0.2, 0.25) is 0 Å². The zero-order valence-electron chi connectivity index (χ0n) is 65.7. The minimum absolute atomic E-state index is 0.748. The van der Waals surface area contributed by atoms with Crippen LogP contribution in [0.5, 0.6) is 0 Å². The third-order valence-electron chi connectivity index (χ3n) is 24.7. The van der Waals surface area contributed by atoms with Crippen molar-refractivity contribution in [2.24, 2.45) is 0 Å². The molecule has 0 atom stereocenters. The predicted molar refractivity (Wildman–Crippen MR) is 510 cm³/mol. The van der Waals surface area contributed by atoms with Gasteiger partial charge in [-0.2, -0.15) is 0 Å². The molecule has 0 radical (unpaired) electrons. The van der Waals surface area contributed by atoms with E-state index in [1.165, 1.54) is 0 Å². The van der Waals surface area contributed by atoms with Crippen LogP contribution in [0.1, 0.15) is 0 Å². The maximum absolute atomic E-state index is 16.8. The van der Waals surface area contributed by atoms with E-state index in [-0.39, 0.29) is 0 Å². The fourth-order valence-electron chi connectivity index (χ4n) is 19.1. The van der Waals surface area contributed by atoms with Gasteiger partial charge >= 0.3 is 0 Å².